The number of carbonyl (C=O) groups is 3. The summed E-state index contributed by atoms with van der Waals surface area (Å²) in [5.41, 5.74) is -0.494. The van der Waals surface area contributed by atoms with E-state index in [1.807, 2.05) is 0 Å². The van der Waals surface area contributed by atoms with E-state index >= 15 is 0 Å². The molecule has 1 aromatic rings. The summed E-state index contributed by atoms with van der Waals surface area (Å²) in [6, 6.07) is 2.87. The van der Waals surface area contributed by atoms with Crippen molar-refractivity contribution >= 4 is 29.5 Å². The van der Waals surface area contributed by atoms with Crippen LogP contribution in [0.2, 0.25) is 0 Å². The molecule has 2 rings (SSSR count). The average molecular weight is 441 g/mol. The number of halogens is 3. The van der Waals surface area contributed by atoms with E-state index in [0.29, 0.717) is 25.9 Å². The fourth-order valence-electron chi connectivity index (χ4n) is 3.30. The highest BCUT2D eigenvalue weighted by atomic mass is 19.4. The number of carbonyl (C=O) groups excluding carboxylic acids is 2. The third-order valence-electron chi connectivity index (χ3n) is 5.13. The molecule has 7 nitrogen and oxygen atoms in total. The SMILES string of the molecule is C[C@H](NC(=O)C1CCN(C(=O)/C=C/c2ccc(N(C)C)c(C(F)(F)F)c2)CC1)C(=O)O. The lowest BCUT2D eigenvalue weighted by Crippen LogP contribution is -2.46. The van der Waals surface area contributed by atoms with E-state index in [0.717, 1.165) is 6.07 Å². The Bertz CT molecular complexity index is 860. The van der Waals surface area contributed by atoms with Crippen LogP contribution in [0.5, 0.6) is 0 Å². The highest BCUT2D eigenvalue weighted by molar-refractivity contribution is 5.92. The lowest BCUT2D eigenvalue weighted by molar-refractivity contribution is -0.142. The van der Waals surface area contributed by atoms with Crippen LogP contribution in [0.3, 0.4) is 0 Å². The third-order valence-corrected chi connectivity index (χ3v) is 5.13. The van der Waals surface area contributed by atoms with E-state index in [1.54, 1.807) is 0 Å². The molecule has 1 fully saturated rings. The van der Waals surface area contributed by atoms with Gasteiger partial charge < -0.3 is 20.2 Å². The second-order valence-corrected chi connectivity index (χ2v) is 7.67. The van der Waals surface area contributed by atoms with Crippen molar-refractivity contribution in [3.8, 4) is 0 Å². The first-order valence-corrected chi connectivity index (χ1v) is 9.79. The number of rotatable bonds is 6. The highest BCUT2D eigenvalue weighted by Gasteiger charge is 2.34. The summed E-state index contributed by atoms with van der Waals surface area (Å²) >= 11 is 0. The Kier molecular flexibility index (Phi) is 7.70. The van der Waals surface area contributed by atoms with Crippen molar-refractivity contribution in [2.45, 2.75) is 32.0 Å². The molecule has 0 spiro atoms. The molecule has 0 aromatic heterocycles. The number of aliphatic carboxylic acids is 1. The summed E-state index contributed by atoms with van der Waals surface area (Å²) in [6.45, 7) is 1.98. The molecule has 0 saturated carbocycles. The van der Waals surface area contributed by atoms with Gasteiger partial charge in [0.05, 0.1) is 5.56 Å². The summed E-state index contributed by atoms with van der Waals surface area (Å²) in [6.07, 6.45) is -1.20. The maximum absolute atomic E-state index is 13.3. The standard InChI is InChI=1S/C21H26F3N3O4/c1-13(20(30)31)25-19(29)15-8-10-27(11-9-15)18(28)7-5-14-4-6-17(26(2)3)16(12-14)21(22,23)24/h4-7,12-13,15H,8-11H2,1-3H3,(H,25,29)(H,30,31)/b7-5+/t13-/m0/s1. The molecule has 10 heteroatoms. The minimum absolute atomic E-state index is 0.0357. The first kappa shape index (κ1) is 24.2. The molecule has 31 heavy (non-hydrogen) atoms. The van der Waals surface area contributed by atoms with Crippen LogP contribution < -0.4 is 10.2 Å². The van der Waals surface area contributed by atoms with Gasteiger partial charge >= 0.3 is 12.1 Å². The Labute approximate surface area is 178 Å². The molecule has 1 aliphatic heterocycles. The van der Waals surface area contributed by atoms with Crippen LogP contribution in [-0.4, -0.2) is 61.0 Å². The van der Waals surface area contributed by atoms with Crippen molar-refractivity contribution < 1.29 is 32.7 Å². The molecule has 1 aliphatic rings. The Morgan fingerprint density at radius 3 is 2.35 bits per heavy atom. The van der Waals surface area contributed by atoms with Crippen LogP contribution in [0.1, 0.15) is 30.9 Å². The van der Waals surface area contributed by atoms with Gasteiger partial charge in [0.15, 0.2) is 0 Å². The summed E-state index contributed by atoms with van der Waals surface area (Å²) < 4.78 is 39.9. The highest BCUT2D eigenvalue weighted by Crippen LogP contribution is 2.36. The molecular formula is C21H26F3N3O4. The first-order chi connectivity index (χ1) is 14.4. The van der Waals surface area contributed by atoms with Gasteiger partial charge in [0.25, 0.3) is 0 Å². The second kappa shape index (κ2) is 9.84. The van der Waals surface area contributed by atoms with Gasteiger partial charge in [-0.25, -0.2) is 0 Å². The topological polar surface area (TPSA) is 90.0 Å². The van der Waals surface area contributed by atoms with Crippen molar-refractivity contribution in [2.24, 2.45) is 5.92 Å². The number of alkyl halides is 3. The second-order valence-electron chi connectivity index (χ2n) is 7.67. The van der Waals surface area contributed by atoms with Crippen LogP contribution in [0, 0.1) is 5.92 Å². The molecule has 0 radical (unpaired) electrons. The average Bonchev–Trinajstić information content (AvgIpc) is 2.71. The van der Waals surface area contributed by atoms with E-state index in [2.05, 4.69) is 5.32 Å². The van der Waals surface area contributed by atoms with E-state index in [-0.39, 0.29) is 29.0 Å². The number of carboxylic acid groups (broad SMARTS) is 1. The third kappa shape index (κ3) is 6.47. The van der Waals surface area contributed by atoms with Crippen molar-refractivity contribution in [3.05, 3.63) is 35.4 Å². The number of nitrogens with zero attached hydrogens (tertiary/aromatic N) is 2. The number of amides is 2. The smallest absolute Gasteiger partial charge is 0.418 e. The minimum Gasteiger partial charge on any atom is -0.480 e. The lowest BCUT2D eigenvalue weighted by Gasteiger charge is -2.31. The van der Waals surface area contributed by atoms with Crippen LogP contribution in [0.25, 0.3) is 6.08 Å². The molecule has 1 saturated heterocycles. The van der Waals surface area contributed by atoms with Gasteiger partial charge in [0, 0.05) is 44.9 Å². The van der Waals surface area contributed by atoms with Gasteiger partial charge in [-0.05, 0) is 43.5 Å². The number of benzene rings is 1. The Morgan fingerprint density at radius 1 is 1.23 bits per heavy atom. The molecule has 1 aromatic carbocycles. The maximum Gasteiger partial charge on any atom is 0.418 e. The number of anilines is 1. The molecular weight excluding hydrogens is 415 g/mol. The van der Waals surface area contributed by atoms with Crippen molar-refractivity contribution in [3.63, 3.8) is 0 Å². The number of likely N-dealkylation sites (tertiary alicyclic amines) is 1. The lowest BCUT2D eigenvalue weighted by atomic mass is 9.95. The molecule has 2 amide bonds. The molecule has 0 unspecified atom stereocenters. The zero-order valence-corrected chi connectivity index (χ0v) is 17.6. The number of hydrogen-bond donors (Lipinski definition) is 2. The van der Waals surface area contributed by atoms with Gasteiger partial charge in [0.1, 0.15) is 6.04 Å². The van der Waals surface area contributed by atoms with E-state index in [4.69, 9.17) is 5.11 Å². The van der Waals surface area contributed by atoms with Crippen molar-refractivity contribution in [1.82, 2.24) is 10.2 Å². The summed E-state index contributed by atoms with van der Waals surface area (Å²) in [7, 11) is 3.05. The van der Waals surface area contributed by atoms with Crippen LogP contribution in [0.4, 0.5) is 18.9 Å². The minimum atomic E-state index is -4.52. The van der Waals surface area contributed by atoms with E-state index in [9.17, 15) is 27.6 Å². The predicted octanol–water partition coefficient (Wildman–Crippen LogP) is 2.61. The molecule has 1 heterocycles. The van der Waals surface area contributed by atoms with Gasteiger partial charge in [-0.1, -0.05) is 6.07 Å². The molecule has 2 N–H and O–H groups in total. The number of piperidine rings is 1. The van der Waals surface area contributed by atoms with Crippen LogP contribution in [-0.2, 0) is 20.6 Å². The van der Waals surface area contributed by atoms with Gasteiger partial charge in [-0.3, -0.25) is 14.4 Å². The fourth-order valence-corrected chi connectivity index (χ4v) is 3.30. The van der Waals surface area contributed by atoms with E-state index < -0.39 is 23.8 Å². The summed E-state index contributed by atoms with van der Waals surface area (Å²) in [5.74, 6) is -2.23. The summed E-state index contributed by atoms with van der Waals surface area (Å²) in [5, 5.41) is 11.3. The maximum atomic E-state index is 13.3. The van der Waals surface area contributed by atoms with Gasteiger partial charge in [0.2, 0.25) is 11.8 Å². The number of nitrogens with one attached hydrogen (secondary N) is 1. The number of hydrogen-bond acceptors (Lipinski definition) is 4. The van der Waals surface area contributed by atoms with Gasteiger partial charge in [-0.15, -0.1) is 0 Å². The molecule has 170 valence electrons. The Hall–Kier alpha value is -3.04. The van der Waals surface area contributed by atoms with Crippen molar-refractivity contribution in [2.75, 3.05) is 32.1 Å². The van der Waals surface area contributed by atoms with E-state index in [1.165, 1.54) is 55.1 Å². The fraction of sp³-hybridized carbons (Fsp3) is 0.476. The normalized spacial score (nSPS) is 16.3. The van der Waals surface area contributed by atoms with Crippen LogP contribution in [0.15, 0.2) is 24.3 Å². The predicted molar refractivity (Wildman–Crippen MR) is 109 cm³/mol. The molecule has 0 bridgehead atoms. The molecule has 0 aliphatic carbocycles. The van der Waals surface area contributed by atoms with Gasteiger partial charge in [-0.2, -0.15) is 13.2 Å². The zero-order valence-electron chi connectivity index (χ0n) is 17.6. The largest absolute Gasteiger partial charge is 0.480 e. The molecule has 1 atom stereocenters. The quantitative estimate of drug-likeness (QED) is 0.663. The first-order valence-electron chi connectivity index (χ1n) is 9.79. The Morgan fingerprint density at radius 2 is 1.84 bits per heavy atom. The zero-order chi connectivity index (χ0) is 23.3. The summed E-state index contributed by atoms with van der Waals surface area (Å²) in [4.78, 5) is 38.2. The van der Waals surface area contributed by atoms with Crippen molar-refractivity contribution in [1.29, 1.82) is 0 Å². The van der Waals surface area contributed by atoms with Crippen LogP contribution >= 0.6 is 0 Å². The number of carboxylic acids is 1. The monoisotopic (exact) mass is 441 g/mol. The Balaban J connectivity index is 1.99.